The van der Waals surface area contributed by atoms with Gasteiger partial charge in [0.25, 0.3) is 5.91 Å². The molecule has 0 atom stereocenters. The van der Waals surface area contributed by atoms with E-state index in [2.05, 4.69) is 10.1 Å². The second-order valence-electron chi connectivity index (χ2n) is 6.65. The molecule has 27 heavy (non-hydrogen) atoms. The Hall–Kier alpha value is -3.09. The first-order valence-corrected chi connectivity index (χ1v) is 8.86. The Labute approximate surface area is 156 Å². The molecule has 2 aromatic heterocycles. The van der Waals surface area contributed by atoms with E-state index in [9.17, 15) is 9.18 Å². The summed E-state index contributed by atoms with van der Waals surface area (Å²) in [6.07, 6.45) is 2.80. The summed E-state index contributed by atoms with van der Waals surface area (Å²) in [5.74, 6) is 0.742. The van der Waals surface area contributed by atoms with E-state index in [1.165, 1.54) is 18.3 Å². The third kappa shape index (κ3) is 3.32. The van der Waals surface area contributed by atoms with Gasteiger partial charge in [-0.25, -0.2) is 14.4 Å². The van der Waals surface area contributed by atoms with Gasteiger partial charge in [-0.3, -0.25) is 4.79 Å². The number of fused-ring (bicyclic) bond motifs is 1. The summed E-state index contributed by atoms with van der Waals surface area (Å²) in [5.41, 5.74) is 4.20. The number of carbonyl (C=O) groups is 1. The van der Waals surface area contributed by atoms with Crippen molar-refractivity contribution in [3.05, 3.63) is 64.6 Å². The number of hydrogen-bond acceptors (Lipinski definition) is 5. The van der Waals surface area contributed by atoms with Crippen LogP contribution in [0.5, 0.6) is 0 Å². The van der Waals surface area contributed by atoms with Crippen LogP contribution in [0.3, 0.4) is 0 Å². The van der Waals surface area contributed by atoms with Gasteiger partial charge < -0.3 is 9.42 Å². The van der Waals surface area contributed by atoms with Gasteiger partial charge in [-0.1, -0.05) is 5.16 Å². The van der Waals surface area contributed by atoms with Gasteiger partial charge in [-0.05, 0) is 50.1 Å². The molecule has 1 aliphatic heterocycles. The summed E-state index contributed by atoms with van der Waals surface area (Å²) in [4.78, 5) is 23.9. The van der Waals surface area contributed by atoms with Crippen LogP contribution in [0.2, 0.25) is 0 Å². The van der Waals surface area contributed by atoms with Gasteiger partial charge in [-0.2, -0.15) is 0 Å². The molecule has 0 aliphatic carbocycles. The van der Waals surface area contributed by atoms with Gasteiger partial charge in [0.2, 0.25) is 0 Å². The zero-order chi connectivity index (χ0) is 19.0. The maximum absolute atomic E-state index is 13.2. The standard InChI is InChI=1S/C20H19FN4O2/c1-12-16-7-9-25(20(26)17-11-22-27-13(17)2)10-8-18(16)24-19(23-12)14-3-5-15(21)6-4-14/h3-6,11H,7-10H2,1-2H3. The van der Waals surface area contributed by atoms with E-state index in [4.69, 9.17) is 9.51 Å². The van der Waals surface area contributed by atoms with Gasteiger partial charge in [0.1, 0.15) is 17.1 Å². The molecule has 0 radical (unpaired) electrons. The predicted molar refractivity (Wildman–Crippen MR) is 96.7 cm³/mol. The number of carbonyl (C=O) groups excluding carboxylic acids is 1. The largest absolute Gasteiger partial charge is 0.361 e. The predicted octanol–water partition coefficient (Wildman–Crippen LogP) is 3.13. The van der Waals surface area contributed by atoms with Crippen molar-refractivity contribution >= 4 is 5.91 Å². The van der Waals surface area contributed by atoms with Crippen LogP contribution in [0.25, 0.3) is 11.4 Å². The maximum Gasteiger partial charge on any atom is 0.259 e. The van der Waals surface area contributed by atoms with Crippen LogP contribution >= 0.6 is 0 Å². The minimum atomic E-state index is -0.289. The van der Waals surface area contributed by atoms with E-state index in [0.717, 1.165) is 22.5 Å². The molecule has 0 bridgehead atoms. The molecule has 3 heterocycles. The van der Waals surface area contributed by atoms with Crippen molar-refractivity contribution in [2.45, 2.75) is 26.7 Å². The lowest BCUT2D eigenvalue weighted by Gasteiger charge is -2.19. The highest BCUT2D eigenvalue weighted by Crippen LogP contribution is 2.23. The number of rotatable bonds is 2. The zero-order valence-corrected chi connectivity index (χ0v) is 15.2. The lowest BCUT2D eigenvalue weighted by Crippen LogP contribution is -2.33. The van der Waals surface area contributed by atoms with Crippen molar-refractivity contribution in [1.82, 2.24) is 20.0 Å². The molecule has 1 aliphatic rings. The topological polar surface area (TPSA) is 72.1 Å². The van der Waals surface area contributed by atoms with Gasteiger partial charge >= 0.3 is 0 Å². The zero-order valence-electron chi connectivity index (χ0n) is 15.2. The fraction of sp³-hybridized carbons (Fsp3) is 0.300. The summed E-state index contributed by atoms with van der Waals surface area (Å²) in [6, 6.07) is 6.16. The van der Waals surface area contributed by atoms with E-state index in [1.807, 2.05) is 6.92 Å². The summed E-state index contributed by atoms with van der Waals surface area (Å²) < 4.78 is 18.2. The van der Waals surface area contributed by atoms with Gasteiger partial charge in [0.05, 0.1) is 6.20 Å². The normalized spacial score (nSPS) is 14.0. The number of hydrogen-bond donors (Lipinski definition) is 0. The quantitative estimate of drug-likeness (QED) is 0.697. The molecule has 1 amide bonds. The van der Waals surface area contributed by atoms with Crippen molar-refractivity contribution < 1.29 is 13.7 Å². The third-order valence-corrected chi connectivity index (χ3v) is 4.92. The molecule has 4 rings (SSSR count). The van der Waals surface area contributed by atoms with Crippen molar-refractivity contribution in [1.29, 1.82) is 0 Å². The molecule has 7 heteroatoms. The first-order chi connectivity index (χ1) is 13.0. The fourth-order valence-electron chi connectivity index (χ4n) is 3.39. The molecule has 0 N–H and O–H groups in total. The average molecular weight is 366 g/mol. The van der Waals surface area contributed by atoms with Crippen LogP contribution in [0.1, 0.15) is 33.1 Å². The van der Waals surface area contributed by atoms with Crippen molar-refractivity contribution in [3.63, 3.8) is 0 Å². The van der Waals surface area contributed by atoms with Gasteiger partial charge in [-0.15, -0.1) is 0 Å². The molecule has 0 saturated carbocycles. The molecular formula is C20H19FN4O2. The number of amides is 1. The minimum Gasteiger partial charge on any atom is -0.361 e. The molecule has 0 saturated heterocycles. The maximum atomic E-state index is 13.2. The summed E-state index contributed by atoms with van der Waals surface area (Å²) in [6.45, 7) is 4.85. The highest BCUT2D eigenvalue weighted by molar-refractivity contribution is 5.94. The van der Waals surface area contributed by atoms with Crippen molar-refractivity contribution in [3.8, 4) is 11.4 Å². The summed E-state index contributed by atoms with van der Waals surface area (Å²) in [5, 5.41) is 3.69. The lowest BCUT2D eigenvalue weighted by molar-refractivity contribution is 0.0761. The smallest absolute Gasteiger partial charge is 0.259 e. The average Bonchev–Trinajstić information content (AvgIpc) is 2.96. The number of aromatic nitrogens is 3. The molecule has 1 aromatic carbocycles. The molecule has 0 spiro atoms. The Kier molecular flexibility index (Phi) is 4.43. The lowest BCUT2D eigenvalue weighted by atomic mass is 10.1. The summed E-state index contributed by atoms with van der Waals surface area (Å²) in [7, 11) is 0. The molecule has 0 fully saturated rings. The van der Waals surface area contributed by atoms with E-state index in [1.54, 1.807) is 24.0 Å². The van der Waals surface area contributed by atoms with Crippen LogP contribution < -0.4 is 0 Å². The van der Waals surface area contributed by atoms with Crippen LogP contribution in [0.4, 0.5) is 4.39 Å². The third-order valence-electron chi connectivity index (χ3n) is 4.92. The number of aryl methyl sites for hydroxylation is 2. The molecule has 0 unspecified atom stereocenters. The Bertz CT molecular complexity index is 998. The highest BCUT2D eigenvalue weighted by atomic mass is 19.1. The van der Waals surface area contributed by atoms with Gasteiger partial charge in [0, 0.05) is 36.5 Å². The van der Waals surface area contributed by atoms with Crippen LogP contribution in [0.15, 0.2) is 35.0 Å². The number of benzene rings is 1. The van der Waals surface area contributed by atoms with Crippen molar-refractivity contribution in [2.75, 3.05) is 13.1 Å². The molecule has 6 nitrogen and oxygen atoms in total. The monoisotopic (exact) mass is 366 g/mol. The Morgan fingerprint density at radius 2 is 1.85 bits per heavy atom. The van der Waals surface area contributed by atoms with E-state index in [0.29, 0.717) is 43.1 Å². The Morgan fingerprint density at radius 1 is 1.11 bits per heavy atom. The van der Waals surface area contributed by atoms with Crippen molar-refractivity contribution in [2.24, 2.45) is 0 Å². The first-order valence-electron chi connectivity index (χ1n) is 8.86. The minimum absolute atomic E-state index is 0.0778. The first kappa shape index (κ1) is 17.3. The van der Waals surface area contributed by atoms with E-state index >= 15 is 0 Å². The number of halogens is 1. The number of nitrogens with zero attached hydrogens (tertiary/aromatic N) is 4. The Morgan fingerprint density at radius 3 is 2.56 bits per heavy atom. The fourth-order valence-corrected chi connectivity index (χ4v) is 3.39. The molecular weight excluding hydrogens is 347 g/mol. The van der Waals surface area contributed by atoms with Crippen LogP contribution in [-0.2, 0) is 12.8 Å². The van der Waals surface area contributed by atoms with Crippen LogP contribution in [0, 0.1) is 19.7 Å². The van der Waals surface area contributed by atoms with E-state index < -0.39 is 0 Å². The van der Waals surface area contributed by atoms with Gasteiger partial charge in [0.15, 0.2) is 5.82 Å². The molecule has 3 aromatic rings. The SMILES string of the molecule is Cc1nc(-c2ccc(F)cc2)nc2c1CCN(C(=O)c1cnoc1C)CC2. The van der Waals surface area contributed by atoms with E-state index in [-0.39, 0.29) is 11.7 Å². The highest BCUT2D eigenvalue weighted by Gasteiger charge is 2.25. The molecule has 138 valence electrons. The van der Waals surface area contributed by atoms with Crippen LogP contribution in [-0.4, -0.2) is 39.0 Å². The Balaban J connectivity index is 1.61. The summed E-state index contributed by atoms with van der Waals surface area (Å²) >= 11 is 0. The second-order valence-corrected chi connectivity index (χ2v) is 6.65. The second kappa shape index (κ2) is 6.90.